The average molecular weight is 371 g/mol. The molecule has 0 spiro atoms. The molecule has 23 heavy (non-hydrogen) atoms. The SMILES string of the molecule is CN1C[C@H]2CN(CCC(F)(F)F)C[C@H]2[C@@H]1c1ccccc1.Cl.Cl. The number of nitrogens with zero attached hydrogens (tertiary/aromatic N) is 2. The van der Waals surface area contributed by atoms with Gasteiger partial charge >= 0.3 is 6.18 Å². The molecule has 0 aliphatic carbocycles. The topological polar surface area (TPSA) is 6.48 Å². The summed E-state index contributed by atoms with van der Waals surface area (Å²) >= 11 is 0. The maximum atomic E-state index is 12.4. The fourth-order valence-electron chi connectivity index (χ4n) is 3.97. The minimum absolute atomic E-state index is 0. The van der Waals surface area contributed by atoms with E-state index in [-0.39, 0.29) is 31.4 Å². The Hall–Kier alpha value is -0.490. The lowest BCUT2D eigenvalue weighted by molar-refractivity contribution is -0.137. The largest absolute Gasteiger partial charge is 0.390 e. The molecule has 2 aliphatic heterocycles. The monoisotopic (exact) mass is 370 g/mol. The Morgan fingerprint density at radius 1 is 1.04 bits per heavy atom. The van der Waals surface area contributed by atoms with E-state index in [4.69, 9.17) is 0 Å². The van der Waals surface area contributed by atoms with Crippen molar-refractivity contribution in [2.75, 3.05) is 33.2 Å². The molecule has 2 nitrogen and oxygen atoms in total. The summed E-state index contributed by atoms with van der Waals surface area (Å²) in [5.41, 5.74) is 1.28. The van der Waals surface area contributed by atoms with Gasteiger partial charge in [-0.25, -0.2) is 0 Å². The highest BCUT2D eigenvalue weighted by Gasteiger charge is 2.46. The summed E-state index contributed by atoms with van der Waals surface area (Å²) in [5, 5.41) is 0. The number of likely N-dealkylation sites (tertiary alicyclic amines) is 2. The van der Waals surface area contributed by atoms with Gasteiger partial charge in [-0.2, -0.15) is 13.2 Å². The highest BCUT2D eigenvalue weighted by atomic mass is 35.5. The second-order valence-electron chi connectivity index (χ2n) is 6.34. The Morgan fingerprint density at radius 2 is 1.70 bits per heavy atom. The summed E-state index contributed by atoms with van der Waals surface area (Å²) in [5.74, 6) is 0.944. The van der Waals surface area contributed by atoms with E-state index in [1.807, 2.05) is 23.1 Å². The van der Waals surface area contributed by atoms with E-state index in [9.17, 15) is 13.2 Å². The average Bonchev–Trinajstić information content (AvgIpc) is 2.92. The van der Waals surface area contributed by atoms with E-state index in [0.717, 1.165) is 19.6 Å². The normalized spacial score (nSPS) is 28.1. The lowest BCUT2D eigenvalue weighted by Gasteiger charge is -2.27. The Balaban J connectivity index is 0.00000132. The van der Waals surface area contributed by atoms with Crippen molar-refractivity contribution in [2.24, 2.45) is 11.8 Å². The molecule has 0 amide bonds. The van der Waals surface area contributed by atoms with Gasteiger partial charge < -0.3 is 4.90 Å². The second kappa shape index (κ2) is 8.06. The quantitative estimate of drug-likeness (QED) is 0.792. The molecule has 0 N–H and O–H groups in total. The van der Waals surface area contributed by atoms with Crippen LogP contribution < -0.4 is 0 Å². The fourth-order valence-corrected chi connectivity index (χ4v) is 3.97. The minimum atomic E-state index is -4.05. The van der Waals surface area contributed by atoms with Gasteiger partial charge in [0.25, 0.3) is 0 Å². The highest BCUT2D eigenvalue weighted by Crippen LogP contribution is 2.44. The third-order valence-corrected chi connectivity index (χ3v) is 4.82. The number of fused-ring (bicyclic) bond motifs is 1. The molecule has 3 rings (SSSR count). The zero-order chi connectivity index (χ0) is 15.0. The molecule has 132 valence electrons. The van der Waals surface area contributed by atoms with Gasteiger partial charge in [0.05, 0.1) is 6.42 Å². The van der Waals surface area contributed by atoms with Crippen molar-refractivity contribution >= 4 is 24.8 Å². The molecule has 2 aliphatic rings. The number of benzene rings is 1. The summed E-state index contributed by atoms with van der Waals surface area (Å²) < 4.78 is 37.1. The standard InChI is InChI=1S/C16H21F3N2.2ClH/c1-20-9-13-10-21(8-7-16(17,18)19)11-14(13)15(20)12-5-3-2-4-6-12;;/h2-6,13-15H,7-11H2,1H3;2*1H/t13-,14+,15-;;/m0../s1. The number of hydrogen-bond donors (Lipinski definition) is 0. The molecule has 1 aromatic carbocycles. The maximum absolute atomic E-state index is 12.4. The van der Waals surface area contributed by atoms with Crippen LogP contribution in [0.3, 0.4) is 0 Å². The summed E-state index contributed by atoms with van der Waals surface area (Å²) in [7, 11) is 2.12. The van der Waals surface area contributed by atoms with E-state index >= 15 is 0 Å². The predicted molar refractivity (Wildman–Crippen MR) is 90.4 cm³/mol. The summed E-state index contributed by atoms with van der Waals surface area (Å²) in [6.45, 7) is 2.70. The predicted octanol–water partition coefficient (Wildman–Crippen LogP) is 4.02. The van der Waals surface area contributed by atoms with Crippen LogP contribution in [0.5, 0.6) is 0 Å². The van der Waals surface area contributed by atoms with Crippen molar-refractivity contribution in [1.82, 2.24) is 9.80 Å². The Morgan fingerprint density at radius 3 is 2.30 bits per heavy atom. The molecule has 2 heterocycles. The Labute approximate surface area is 147 Å². The van der Waals surface area contributed by atoms with Crippen molar-refractivity contribution in [1.29, 1.82) is 0 Å². The van der Waals surface area contributed by atoms with Crippen LogP contribution in [0.25, 0.3) is 0 Å². The van der Waals surface area contributed by atoms with Gasteiger partial charge in [0.1, 0.15) is 0 Å². The van der Waals surface area contributed by atoms with Crippen LogP contribution in [0, 0.1) is 11.8 Å². The van der Waals surface area contributed by atoms with Crippen LogP contribution in [0.4, 0.5) is 13.2 Å². The van der Waals surface area contributed by atoms with E-state index in [1.165, 1.54) is 5.56 Å². The van der Waals surface area contributed by atoms with E-state index in [1.54, 1.807) is 0 Å². The van der Waals surface area contributed by atoms with Gasteiger partial charge in [-0.15, -0.1) is 24.8 Å². The van der Waals surface area contributed by atoms with E-state index in [0.29, 0.717) is 17.9 Å². The van der Waals surface area contributed by atoms with Crippen molar-refractivity contribution in [3.8, 4) is 0 Å². The number of rotatable bonds is 3. The minimum Gasteiger partial charge on any atom is -0.302 e. The molecule has 3 atom stereocenters. The summed E-state index contributed by atoms with van der Waals surface area (Å²) in [6, 6.07) is 10.7. The van der Waals surface area contributed by atoms with Gasteiger partial charge in [-0.05, 0) is 24.4 Å². The summed E-state index contributed by atoms with van der Waals surface area (Å²) in [6.07, 6.45) is -4.74. The molecule has 1 aromatic rings. The van der Waals surface area contributed by atoms with Gasteiger partial charge in [-0.1, -0.05) is 30.3 Å². The van der Waals surface area contributed by atoms with E-state index in [2.05, 4.69) is 24.1 Å². The van der Waals surface area contributed by atoms with Gasteiger partial charge in [0.15, 0.2) is 0 Å². The maximum Gasteiger partial charge on any atom is 0.390 e. The Kier molecular flexibility index (Phi) is 7.20. The van der Waals surface area contributed by atoms with Crippen LogP contribution in [-0.2, 0) is 0 Å². The van der Waals surface area contributed by atoms with Crippen LogP contribution >= 0.6 is 24.8 Å². The molecule has 0 bridgehead atoms. The lowest BCUT2D eigenvalue weighted by Crippen LogP contribution is -2.31. The number of alkyl halides is 3. The van der Waals surface area contributed by atoms with Crippen LogP contribution in [0.2, 0.25) is 0 Å². The van der Waals surface area contributed by atoms with Crippen molar-refractivity contribution in [3.63, 3.8) is 0 Å². The highest BCUT2D eigenvalue weighted by molar-refractivity contribution is 5.85. The van der Waals surface area contributed by atoms with E-state index < -0.39 is 12.6 Å². The first kappa shape index (κ1) is 20.6. The third kappa shape index (κ3) is 4.75. The first-order valence-electron chi connectivity index (χ1n) is 7.48. The molecule has 2 saturated heterocycles. The molecule has 0 saturated carbocycles. The second-order valence-corrected chi connectivity index (χ2v) is 6.34. The van der Waals surface area contributed by atoms with Gasteiger partial charge in [-0.3, -0.25) is 4.90 Å². The van der Waals surface area contributed by atoms with Crippen LogP contribution in [-0.4, -0.2) is 49.2 Å². The van der Waals surface area contributed by atoms with Crippen LogP contribution in [0.15, 0.2) is 30.3 Å². The smallest absolute Gasteiger partial charge is 0.302 e. The van der Waals surface area contributed by atoms with Crippen molar-refractivity contribution < 1.29 is 13.2 Å². The molecular formula is C16H23Cl2F3N2. The first-order valence-corrected chi connectivity index (χ1v) is 7.48. The molecule has 0 unspecified atom stereocenters. The molecule has 0 aromatic heterocycles. The Bertz CT molecular complexity index is 484. The fraction of sp³-hybridized carbons (Fsp3) is 0.625. The zero-order valence-corrected chi connectivity index (χ0v) is 14.6. The molecule has 2 fully saturated rings. The number of hydrogen-bond acceptors (Lipinski definition) is 2. The molecule has 7 heteroatoms. The third-order valence-electron chi connectivity index (χ3n) is 4.82. The molecule has 0 radical (unpaired) electrons. The van der Waals surface area contributed by atoms with Gasteiger partial charge in [0, 0.05) is 32.2 Å². The number of halogens is 5. The first-order chi connectivity index (χ1) is 9.94. The zero-order valence-electron chi connectivity index (χ0n) is 13.0. The van der Waals surface area contributed by atoms with Crippen LogP contribution in [0.1, 0.15) is 18.0 Å². The lowest BCUT2D eigenvalue weighted by atomic mass is 9.90. The van der Waals surface area contributed by atoms with Crippen molar-refractivity contribution in [2.45, 2.75) is 18.6 Å². The van der Waals surface area contributed by atoms with Crippen molar-refractivity contribution in [3.05, 3.63) is 35.9 Å². The molecular weight excluding hydrogens is 348 g/mol. The van der Waals surface area contributed by atoms with Gasteiger partial charge in [0.2, 0.25) is 0 Å². The summed E-state index contributed by atoms with van der Waals surface area (Å²) in [4.78, 5) is 4.34.